The first kappa shape index (κ1) is 11.7. The number of carbonyl (C=O) groups excluding carboxylic acids is 1. The van der Waals surface area contributed by atoms with Gasteiger partial charge in [0.1, 0.15) is 5.52 Å². The number of hydrogen-bond acceptors (Lipinski definition) is 5. The molecule has 0 spiro atoms. The van der Waals surface area contributed by atoms with Crippen LogP contribution in [0.15, 0.2) is 6.33 Å². The second-order valence-electron chi connectivity index (χ2n) is 3.44. The summed E-state index contributed by atoms with van der Waals surface area (Å²) < 4.78 is 0. The zero-order chi connectivity index (χ0) is 12.4. The molecule has 7 nitrogen and oxygen atoms in total. The molecule has 2 rings (SSSR count). The first-order valence-corrected chi connectivity index (χ1v) is 5.42. The van der Waals surface area contributed by atoms with Crippen molar-refractivity contribution in [3.63, 3.8) is 0 Å². The summed E-state index contributed by atoms with van der Waals surface area (Å²) >= 11 is 5.90. The number of fused-ring (bicyclic) bond motifs is 1. The number of amides is 1. The second kappa shape index (κ2) is 4.64. The summed E-state index contributed by atoms with van der Waals surface area (Å²) in [7, 11) is 0. The molecule has 17 heavy (non-hydrogen) atoms. The molecule has 1 atom stereocenters. The summed E-state index contributed by atoms with van der Waals surface area (Å²) in [5, 5.41) is 2.69. The minimum atomic E-state index is -0.591. The molecule has 2 aromatic heterocycles. The first-order valence-electron chi connectivity index (χ1n) is 5.05. The van der Waals surface area contributed by atoms with E-state index in [-0.39, 0.29) is 17.0 Å². The lowest BCUT2D eigenvalue weighted by atomic mass is 10.2. The van der Waals surface area contributed by atoms with E-state index in [9.17, 15) is 4.79 Å². The molecule has 0 aliphatic carbocycles. The summed E-state index contributed by atoms with van der Waals surface area (Å²) in [4.78, 5) is 26.2. The number of halogens is 1. The molecule has 1 amide bonds. The third-order valence-electron chi connectivity index (χ3n) is 2.25. The zero-order valence-corrected chi connectivity index (χ0v) is 9.82. The van der Waals surface area contributed by atoms with Gasteiger partial charge >= 0.3 is 0 Å². The van der Waals surface area contributed by atoms with Gasteiger partial charge in [0, 0.05) is 0 Å². The van der Waals surface area contributed by atoms with E-state index in [0.29, 0.717) is 17.6 Å². The Morgan fingerprint density at radius 3 is 3.12 bits per heavy atom. The molecule has 2 aromatic rings. The van der Waals surface area contributed by atoms with E-state index in [1.807, 2.05) is 6.92 Å². The van der Waals surface area contributed by atoms with Gasteiger partial charge in [-0.1, -0.05) is 18.5 Å². The van der Waals surface area contributed by atoms with Crippen LogP contribution in [0.2, 0.25) is 5.15 Å². The number of nitrogens with zero attached hydrogens (tertiary/aromatic N) is 3. The quantitative estimate of drug-likeness (QED) is 0.698. The predicted octanol–water partition coefficient (Wildman–Crippen LogP) is 0.682. The number of aromatic amines is 1. The van der Waals surface area contributed by atoms with Crippen molar-refractivity contribution < 1.29 is 4.79 Å². The van der Waals surface area contributed by atoms with E-state index in [1.165, 1.54) is 6.33 Å². The number of H-pyrrole nitrogens is 1. The standard InChI is InChI=1S/C9H11ClN6O/c1-2-4(11)8(17)16-9-14-6(10)5-7(15-9)13-3-12-5/h3-4H,2,11H2,1H3,(H2,12,13,14,15,16,17)/t4-/m1/s1. The van der Waals surface area contributed by atoms with Crippen LogP contribution in [0.25, 0.3) is 11.2 Å². The molecule has 0 bridgehead atoms. The van der Waals surface area contributed by atoms with Crippen LogP contribution >= 0.6 is 11.6 Å². The van der Waals surface area contributed by atoms with Gasteiger partial charge in [-0.3, -0.25) is 10.1 Å². The fraction of sp³-hybridized carbons (Fsp3) is 0.333. The number of rotatable bonds is 3. The highest BCUT2D eigenvalue weighted by atomic mass is 35.5. The predicted molar refractivity (Wildman–Crippen MR) is 63.6 cm³/mol. The highest BCUT2D eigenvalue weighted by molar-refractivity contribution is 6.33. The Kier molecular flexibility index (Phi) is 3.21. The smallest absolute Gasteiger partial charge is 0.243 e. The van der Waals surface area contributed by atoms with E-state index in [1.54, 1.807) is 0 Å². The van der Waals surface area contributed by atoms with Gasteiger partial charge in [-0.05, 0) is 6.42 Å². The maximum atomic E-state index is 11.5. The number of anilines is 1. The number of carbonyl (C=O) groups is 1. The summed E-state index contributed by atoms with van der Waals surface area (Å²) in [5.41, 5.74) is 6.50. The van der Waals surface area contributed by atoms with Crippen molar-refractivity contribution in [2.24, 2.45) is 5.73 Å². The fourth-order valence-corrected chi connectivity index (χ4v) is 1.46. The largest absolute Gasteiger partial charge is 0.341 e. The van der Waals surface area contributed by atoms with E-state index < -0.39 is 6.04 Å². The molecular weight excluding hydrogens is 244 g/mol. The van der Waals surface area contributed by atoms with Crippen LogP contribution in [0.3, 0.4) is 0 Å². The normalized spacial score (nSPS) is 12.6. The van der Waals surface area contributed by atoms with Gasteiger partial charge < -0.3 is 10.7 Å². The van der Waals surface area contributed by atoms with Crippen molar-refractivity contribution >= 4 is 34.6 Å². The average molecular weight is 255 g/mol. The Hall–Kier alpha value is -1.73. The third kappa shape index (κ3) is 2.34. The van der Waals surface area contributed by atoms with Crippen LogP contribution in [0, 0.1) is 0 Å². The number of imidazole rings is 1. The van der Waals surface area contributed by atoms with Gasteiger partial charge in [-0.2, -0.15) is 9.97 Å². The molecule has 0 saturated carbocycles. The monoisotopic (exact) mass is 254 g/mol. The minimum absolute atomic E-state index is 0.100. The van der Waals surface area contributed by atoms with Crippen molar-refractivity contribution in [3.8, 4) is 0 Å². The van der Waals surface area contributed by atoms with E-state index in [4.69, 9.17) is 17.3 Å². The minimum Gasteiger partial charge on any atom is -0.341 e. The third-order valence-corrected chi connectivity index (χ3v) is 2.53. The molecule has 0 radical (unpaired) electrons. The van der Waals surface area contributed by atoms with Crippen LogP contribution < -0.4 is 11.1 Å². The molecule has 0 saturated heterocycles. The first-order chi connectivity index (χ1) is 8.11. The molecule has 0 unspecified atom stereocenters. The van der Waals surface area contributed by atoms with Crippen molar-refractivity contribution in [2.45, 2.75) is 19.4 Å². The number of nitrogens with two attached hydrogens (primary N) is 1. The Labute approximate surface area is 102 Å². The fourth-order valence-electron chi connectivity index (χ4n) is 1.24. The van der Waals surface area contributed by atoms with Crippen LogP contribution in [0.4, 0.5) is 5.95 Å². The van der Waals surface area contributed by atoms with Crippen molar-refractivity contribution in [1.82, 2.24) is 19.9 Å². The maximum Gasteiger partial charge on any atom is 0.243 e. The van der Waals surface area contributed by atoms with E-state index >= 15 is 0 Å². The van der Waals surface area contributed by atoms with Crippen molar-refractivity contribution in [1.29, 1.82) is 0 Å². The summed E-state index contributed by atoms with van der Waals surface area (Å²) in [6, 6.07) is -0.591. The average Bonchev–Trinajstić information content (AvgIpc) is 2.76. The van der Waals surface area contributed by atoms with Gasteiger partial charge in [-0.25, -0.2) is 4.98 Å². The molecule has 2 heterocycles. The van der Waals surface area contributed by atoms with Gasteiger partial charge in [0.05, 0.1) is 12.4 Å². The van der Waals surface area contributed by atoms with Crippen molar-refractivity contribution in [2.75, 3.05) is 5.32 Å². The molecule has 0 fully saturated rings. The van der Waals surface area contributed by atoms with Crippen molar-refractivity contribution in [3.05, 3.63) is 11.5 Å². The molecule has 0 aliphatic heterocycles. The van der Waals surface area contributed by atoms with Crippen LogP contribution in [-0.4, -0.2) is 31.9 Å². The lowest BCUT2D eigenvalue weighted by Crippen LogP contribution is -2.35. The Bertz CT molecular complexity index is 553. The molecular formula is C9H11ClN6O. The number of hydrogen-bond donors (Lipinski definition) is 3. The summed E-state index contributed by atoms with van der Waals surface area (Å²) in [6.45, 7) is 1.81. The SMILES string of the molecule is CC[C@@H](N)C(=O)Nc1nc(Cl)c2[nH]cnc2n1. The maximum absolute atomic E-state index is 11.5. The molecule has 8 heteroatoms. The number of nitrogens with one attached hydrogen (secondary N) is 2. The Morgan fingerprint density at radius 1 is 1.65 bits per heavy atom. The van der Waals surface area contributed by atoms with Gasteiger partial charge in [0.25, 0.3) is 0 Å². The lowest BCUT2D eigenvalue weighted by Gasteiger charge is -2.08. The van der Waals surface area contributed by atoms with Gasteiger partial charge in [0.2, 0.25) is 11.9 Å². The second-order valence-corrected chi connectivity index (χ2v) is 3.80. The highest BCUT2D eigenvalue weighted by Crippen LogP contribution is 2.18. The molecule has 0 aromatic carbocycles. The summed E-state index contributed by atoms with van der Waals surface area (Å²) in [6.07, 6.45) is 1.98. The topological polar surface area (TPSA) is 110 Å². The van der Waals surface area contributed by atoms with E-state index in [2.05, 4.69) is 25.3 Å². The van der Waals surface area contributed by atoms with Gasteiger partial charge in [-0.15, -0.1) is 0 Å². The molecule has 90 valence electrons. The Morgan fingerprint density at radius 2 is 2.41 bits per heavy atom. The van der Waals surface area contributed by atoms with Crippen LogP contribution in [0.5, 0.6) is 0 Å². The summed E-state index contributed by atoms with van der Waals surface area (Å²) in [5.74, 6) is -0.248. The molecule has 0 aliphatic rings. The number of aromatic nitrogens is 4. The Balaban J connectivity index is 2.27. The molecule has 4 N–H and O–H groups in total. The highest BCUT2D eigenvalue weighted by Gasteiger charge is 2.14. The van der Waals surface area contributed by atoms with E-state index in [0.717, 1.165) is 0 Å². The van der Waals surface area contributed by atoms with Crippen LogP contribution in [-0.2, 0) is 4.79 Å². The lowest BCUT2D eigenvalue weighted by molar-refractivity contribution is -0.117. The zero-order valence-electron chi connectivity index (χ0n) is 9.07. The van der Waals surface area contributed by atoms with Gasteiger partial charge in [0.15, 0.2) is 10.8 Å². The van der Waals surface area contributed by atoms with Crippen LogP contribution in [0.1, 0.15) is 13.3 Å².